The van der Waals surface area contributed by atoms with E-state index in [1.165, 1.54) is 33.6 Å². The van der Waals surface area contributed by atoms with Gasteiger partial charge in [-0.05, 0) is 37.3 Å². The summed E-state index contributed by atoms with van der Waals surface area (Å²) in [6.07, 6.45) is 3.32. The van der Waals surface area contributed by atoms with Crippen molar-refractivity contribution in [1.82, 2.24) is 24.1 Å². The molecule has 9 nitrogen and oxygen atoms in total. The van der Waals surface area contributed by atoms with Crippen LogP contribution in [0.4, 0.5) is 0 Å². The van der Waals surface area contributed by atoms with E-state index < -0.39 is 10.0 Å². The monoisotopic (exact) mass is 480 g/mol. The van der Waals surface area contributed by atoms with E-state index in [-0.39, 0.29) is 16.6 Å². The Kier molecular flexibility index (Phi) is 8.18. The molecule has 0 bridgehead atoms. The van der Waals surface area contributed by atoms with Gasteiger partial charge in [0.25, 0.3) is 0 Å². The van der Waals surface area contributed by atoms with E-state index in [0.717, 1.165) is 19.5 Å². The molecule has 1 saturated carbocycles. The number of hydrogen-bond donors (Lipinski definition) is 1. The number of amides is 1. The molecule has 0 aliphatic heterocycles. The van der Waals surface area contributed by atoms with E-state index in [4.69, 9.17) is 5.84 Å². The van der Waals surface area contributed by atoms with Crippen molar-refractivity contribution in [1.29, 1.82) is 0 Å². The van der Waals surface area contributed by atoms with Gasteiger partial charge < -0.3 is 10.7 Å². The summed E-state index contributed by atoms with van der Waals surface area (Å²) in [6, 6.07) is 6.52. The second-order valence-electron chi connectivity index (χ2n) is 7.87. The summed E-state index contributed by atoms with van der Waals surface area (Å²) in [5.41, 5.74) is 0.549. The van der Waals surface area contributed by atoms with Crippen molar-refractivity contribution < 1.29 is 13.2 Å². The second-order valence-corrected chi connectivity index (χ2v) is 10.7. The van der Waals surface area contributed by atoms with Gasteiger partial charge in [0, 0.05) is 31.7 Å². The second kappa shape index (κ2) is 10.7. The molecule has 11 heteroatoms. The predicted molar refractivity (Wildman–Crippen MR) is 126 cm³/mol. The normalized spacial score (nSPS) is 14.1. The van der Waals surface area contributed by atoms with Gasteiger partial charge in [0.15, 0.2) is 5.82 Å². The molecule has 1 aromatic carbocycles. The number of aromatic nitrogens is 3. The molecule has 0 spiro atoms. The lowest BCUT2D eigenvalue weighted by Gasteiger charge is -2.21. The van der Waals surface area contributed by atoms with E-state index in [9.17, 15) is 13.2 Å². The number of nitrogen functional groups attached to an aromatic ring is 1. The number of hydrogen-bond acceptors (Lipinski definition) is 7. The molecule has 0 atom stereocenters. The van der Waals surface area contributed by atoms with Crippen LogP contribution in [-0.2, 0) is 14.8 Å². The van der Waals surface area contributed by atoms with Crippen molar-refractivity contribution in [2.24, 2.45) is 5.92 Å². The molecular weight excluding hydrogens is 448 g/mol. The van der Waals surface area contributed by atoms with Gasteiger partial charge in [-0.1, -0.05) is 44.7 Å². The largest absolute Gasteiger partial charge is 0.342 e. The van der Waals surface area contributed by atoms with E-state index in [0.29, 0.717) is 35.6 Å². The Morgan fingerprint density at radius 2 is 1.94 bits per heavy atom. The topological polar surface area (TPSA) is 114 Å². The Balaban J connectivity index is 1.74. The average Bonchev–Trinajstić information content (AvgIpc) is 3.53. The van der Waals surface area contributed by atoms with Crippen LogP contribution < -0.4 is 5.84 Å². The number of carbonyl (C=O) groups is 1. The minimum absolute atomic E-state index is 0.0700. The van der Waals surface area contributed by atoms with Gasteiger partial charge in [0.1, 0.15) is 0 Å². The van der Waals surface area contributed by atoms with Crippen molar-refractivity contribution in [3.05, 3.63) is 24.3 Å². The zero-order valence-electron chi connectivity index (χ0n) is 18.9. The van der Waals surface area contributed by atoms with E-state index >= 15 is 0 Å². The first-order valence-corrected chi connectivity index (χ1v) is 13.5. The molecule has 32 heavy (non-hydrogen) atoms. The van der Waals surface area contributed by atoms with Gasteiger partial charge in [0.2, 0.25) is 21.1 Å². The molecule has 1 amide bonds. The Labute approximate surface area is 194 Å². The fourth-order valence-electron chi connectivity index (χ4n) is 3.50. The zero-order chi connectivity index (χ0) is 23.3. The minimum Gasteiger partial charge on any atom is -0.342 e. The van der Waals surface area contributed by atoms with Crippen LogP contribution >= 0.6 is 11.8 Å². The molecule has 0 radical (unpaired) electrons. The summed E-state index contributed by atoms with van der Waals surface area (Å²) < 4.78 is 28.4. The van der Waals surface area contributed by atoms with Crippen molar-refractivity contribution in [2.45, 2.75) is 50.1 Å². The fraction of sp³-hybridized carbons (Fsp3) is 0.571. The standard InChI is InChI=1S/C21H32N6O3S2/c1-4-12-25(14-16-10-11-16)19(28)15-31-21-24-23-20(27(21)22)17-8-7-9-18(13-17)32(29,30)26(5-2)6-3/h7-9,13,16H,4-6,10-12,14-15,22H2,1-3H3. The first-order valence-electron chi connectivity index (χ1n) is 11.0. The number of nitrogens with zero attached hydrogens (tertiary/aromatic N) is 5. The highest BCUT2D eigenvalue weighted by molar-refractivity contribution is 7.99. The van der Waals surface area contributed by atoms with Crippen LogP contribution in [0.5, 0.6) is 0 Å². The number of thioether (sulfide) groups is 1. The summed E-state index contributed by atoms with van der Waals surface area (Å²) >= 11 is 1.24. The average molecular weight is 481 g/mol. The third kappa shape index (κ3) is 5.62. The number of carbonyl (C=O) groups excluding carboxylic acids is 1. The molecule has 1 aliphatic carbocycles. The maximum Gasteiger partial charge on any atom is 0.243 e. The first-order chi connectivity index (χ1) is 15.3. The van der Waals surface area contributed by atoms with Crippen molar-refractivity contribution in [2.75, 3.05) is 37.8 Å². The number of benzene rings is 1. The molecule has 2 N–H and O–H groups in total. The van der Waals surface area contributed by atoms with Crippen LogP contribution in [0.2, 0.25) is 0 Å². The fourth-order valence-corrected chi connectivity index (χ4v) is 5.76. The summed E-state index contributed by atoms with van der Waals surface area (Å²) in [5.74, 6) is 7.50. The van der Waals surface area contributed by atoms with Gasteiger partial charge in [-0.15, -0.1) is 10.2 Å². The highest BCUT2D eigenvalue weighted by atomic mass is 32.2. The lowest BCUT2D eigenvalue weighted by atomic mass is 10.2. The Morgan fingerprint density at radius 3 is 2.56 bits per heavy atom. The smallest absolute Gasteiger partial charge is 0.243 e. The molecule has 0 saturated heterocycles. The van der Waals surface area contributed by atoms with Gasteiger partial charge in [-0.25, -0.2) is 13.1 Å². The van der Waals surface area contributed by atoms with E-state index in [1.807, 2.05) is 4.90 Å². The Bertz CT molecular complexity index is 1030. The molecule has 1 fully saturated rings. The highest BCUT2D eigenvalue weighted by Gasteiger charge is 2.27. The van der Waals surface area contributed by atoms with Crippen LogP contribution in [0.3, 0.4) is 0 Å². The summed E-state index contributed by atoms with van der Waals surface area (Å²) in [5, 5.41) is 8.68. The van der Waals surface area contributed by atoms with E-state index in [1.54, 1.807) is 38.1 Å². The summed E-state index contributed by atoms with van der Waals surface area (Å²) in [4.78, 5) is 14.8. The van der Waals surface area contributed by atoms with Crippen molar-refractivity contribution >= 4 is 27.7 Å². The molecular formula is C21H32N6O3S2. The maximum absolute atomic E-state index is 12.8. The van der Waals surface area contributed by atoms with E-state index in [2.05, 4.69) is 17.1 Å². The van der Waals surface area contributed by atoms with Gasteiger partial charge in [0.05, 0.1) is 10.6 Å². The Hall–Kier alpha value is -2.11. The quantitative estimate of drug-likeness (QED) is 0.366. The molecule has 1 aliphatic rings. The predicted octanol–water partition coefficient (Wildman–Crippen LogP) is 2.43. The van der Waals surface area contributed by atoms with Crippen LogP contribution in [0, 0.1) is 5.92 Å². The molecule has 3 rings (SSSR count). The van der Waals surface area contributed by atoms with Crippen LogP contribution in [0.25, 0.3) is 11.4 Å². The van der Waals surface area contributed by atoms with Gasteiger partial charge in [-0.3, -0.25) is 4.79 Å². The number of sulfonamides is 1. The molecule has 2 aromatic rings. The third-order valence-electron chi connectivity index (χ3n) is 5.45. The summed E-state index contributed by atoms with van der Waals surface area (Å²) in [7, 11) is -3.60. The maximum atomic E-state index is 12.8. The highest BCUT2D eigenvalue weighted by Crippen LogP contribution is 2.30. The zero-order valence-corrected chi connectivity index (χ0v) is 20.5. The number of rotatable bonds is 12. The lowest BCUT2D eigenvalue weighted by Crippen LogP contribution is -2.35. The Morgan fingerprint density at radius 1 is 1.22 bits per heavy atom. The third-order valence-corrected chi connectivity index (χ3v) is 8.42. The number of nitrogens with two attached hydrogens (primary N) is 1. The van der Waals surface area contributed by atoms with Gasteiger partial charge in [-0.2, -0.15) is 4.31 Å². The van der Waals surface area contributed by atoms with Crippen LogP contribution in [0.15, 0.2) is 34.3 Å². The van der Waals surface area contributed by atoms with Crippen LogP contribution in [0.1, 0.15) is 40.0 Å². The molecule has 0 unspecified atom stereocenters. The minimum atomic E-state index is -3.60. The van der Waals surface area contributed by atoms with Gasteiger partial charge >= 0.3 is 0 Å². The molecule has 1 heterocycles. The van der Waals surface area contributed by atoms with Crippen molar-refractivity contribution in [3.8, 4) is 11.4 Å². The van der Waals surface area contributed by atoms with Crippen molar-refractivity contribution in [3.63, 3.8) is 0 Å². The molecule has 1 aromatic heterocycles. The first kappa shape index (κ1) is 24.5. The SMILES string of the molecule is CCCN(CC1CC1)C(=O)CSc1nnc(-c2cccc(S(=O)(=O)N(CC)CC)c2)n1N. The van der Waals surface area contributed by atoms with Crippen LogP contribution in [-0.4, -0.2) is 70.3 Å². The lowest BCUT2D eigenvalue weighted by molar-refractivity contribution is -0.128. The molecule has 176 valence electrons. The summed E-state index contributed by atoms with van der Waals surface area (Å²) in [6.45, 7) is 8.03.